The van der Waals surface area contributed by atoms with Gasteiger partial charge in [-0.3, -0.25) is 0 Å². The molecule has 2 aromatic carbocycles. The standard InChI is InChI=1S/C18H20O7S/c1-12-4-10-15(11-5-12)26(21,22)25-17(18(20)24-3)16(19)13-6-8-14(23-2)9-7-13/h4-11,16-17,19H,1-3H3. The van der Waals surface area contributed by atoms with E-state index < -0.39 is 28.3 Å². The lowest BCUT2D eigenvalue weighted by atomic mass is 10.0. The molecule has 0 heterocycles. The van der Waals surface area contributed by atoms with Crippen LogP contribution in [-0.2, 0) is 23.8 Å². The van der Waals surface area contributed by atoms with Crippen molar-refractivity contribution in [3.05, 3.63) is 59.7 Å². The van der Waals surface area contributed by atoms with Crippen molar-refractivity contribution in [3.8, 4) is 5.75 Å². The summed E-state index contributed by atoms with van der Waals surface area (Å²) < 4.78 is 39.5. The van der Waals surface area contributed by atoms with Crippen LogP contribution in [-0.4, -0.2) is 39.8 Å². The van der Waals surface area contributed by atoms with E-state index in [2.05, 4.69) is 4.74 Å². The molecule has 7 nitrogen and oxygen atoms in total. The summed E-state index contributed by atoms with van der Waals surface area (Å²) in [6.45, 7) is 1.81. The molecule has 1 N–H and O–H groups in total. The van der Waals surface area contributed by atoms with E-state index in [0.29, 0.717) is 5.75 Å². The molecule has 0 saturated carbocycles. The van der Waals surface area contributed by atoms with Gasteiger partial charge in [0.05, 0.1) is 19.1 Å². The predicted octanol–water partition coefficient (Wildman–Crippen LogP) is 1.98. The highest BCUT2D eigenvalue weighted by molar-refractivity contribution is 7.86. The van der Waals surface area contributed by atoms with Gasteiger partial charge in [-0.2, -0.15) is 8.42 Å². The lowest BCUT2D eigenvalue weighted by molar-refractivity contribution is -0.154. The second-order valence-electron chi connectivity index (χ2n) is 5.53. The highest BCUT2D eigenvalue weighted by Gasteiger charge is 2.35. The zero-order chi connectivity index (χ0) is 19.3. The topological polar surface area (TPSA) is 99.1 Å². The predicted molar refractivity (Wildman–Crippen MR) is 93.2 cm³/mol. The summed E-state index contributed by atoms with van der Waals surface area (Å²) in [4.78, 5) is 11.9. The van der Waals surface area contributed by atoms with Crippen molar-refractivity contribution < 1.29 is 32.0 Å². The van der Waals surface area contributed by atoms with Crippen LogP contribution in [0.25, 0.3) is 0 Å². The molecule has 2 aromatic rings. The molecule has 0 bridgehead atoms. The van der Waals surface area contributed by atoms with Gasteiger partial charge in [-0.1, -0.05) is 29.8 Å². The lowest BCUT2D eigenvalue weighted by Gasteiger charge is -2.21. The Labute approximate surface area is 152 Å². The maximum absolute atomic E-state index is 12.4. The quantitative estimate of drug-likeness (QED) is 0.579. The first-order valence-corrected chi connectivity index (χ1v) is 9.09. The van der Waals surface area contributed by atoms with Crippen LogP contribution in [0.2, 0.25) is 0 Å². The summed E-state index contributed by atoms with van der Waals surface area (Å²) in [6.07, 6.45) is -3.30. The molecule has 0 fully saturated rings. The Kier molecular flexibility index (Phi) is 6.36. The average Bonchev–Trinajstić information content (AvgIpc) is 2.65. The van der Waals surface area contributed by atoms with Gasteiger partial charge in [-0.15, -0.1) is 0 Å². The number of aliphatic hydroxyl groups is 1. The first-order chi connectivity index (χ1) is 12.3. The maximum Gasteiger partial charge on any atom is 0.339 e. The van der Waals surface area contributed by atoms with Gasteiger partial charge in [0.1, 0.15) is 11.9 Å². The molecule has 0 saturated heterocycles. The van der Waals surface area contributed by atoms with Crippen LogP contribution in [0, 0.1) is 6.92 Å². The summed E-state index contributed by atoms with van der Waals surface area (Å²) in [5.41, 5.74) is 1.15. The molecule has 0 radical (unpaired) electrons. The molecular weight excluding hydrogens is 360 g/mol. The van der Waals surface area contributed by atoms with E-state index in [-0.39, 0.29) is 10.5 Å². The van der Waals surface area contributed by atoms with Gasteiger partial charge in [0, 0.05) is 0 Å². The smallest absolute Gasteiger partial charge is 0.339 e. The molecule has 8 heteroatoms. The molecule has 0 aliphatic heterocycles. The number of benzene rings is 2. The minimum Gasteiger partial charge on any atom is -0.497 e. The van der Waals surface area contributed by atoms with Gasteiger partial charge >= 0.3 is 5.97 Å². The van der Waals surface area contributed by atoms with Crippen LogP contribution in [0.5, 0.6) is 5.75 Å². The minimum atomic E-state index is -4.28. The molecule has 0 spiro atoms. The van der Waals surface area contributed by atoms with Crippen molar-refractivity contribution in [1.82, 2.24) is 0 Å². The van der Waals surface area contributed by atoms with E-state index in [0.717, 1.165) is 12.7 Å². The van der Waals surface area contributed by atoms with Gasteiger partial charge in [0.15, 0.2) is 0 Å². The average molecular weight is 380 g/mol. The van der Waals surface area contributed by atoms with Gasteiger partial charge in [-0.05, 0) is 36.8 Å². The van der Waals surface area contributed by atoms with Crippen molar-refractivity contribution in [2.24, 2.45) is 0 Å². The van der Waals surface area contributed by atoms with Gasteiger partial charge in [0.25, 0.3) is 10.1 Å². The zero-order valence-corrected chi connectivity index (χ0v) is 15.4. The third kappa shape index (κ3) is 4.60. The molecular formula is C18H20O7S. The van der Waals surface area contributed by atoms with Gasteiger partial charge < -0.3 is 14.6 Å². The van der Waals surface area contributed by atoms with Crippen molar-refractivity contribution in [2.45, 2.75) is 24.0 Å². The Morgan fingerprint density at radius 2 is 1.58 bits per heavy atom. The van der Waals surface area contributed by atoms with Crippen LogP contribution in [0.1, 0.15) is 17.2 Å². The second-order valence-corrected chi connectivity index (χ2v) is 7.10. The molecule has 0 aromatic heterocycles. The number of aliphatic hydroxyl groups excluding tert-OH is 1. The van der Waals surface area contributed by atoms with Gasteiger partial charge in [-0.25, -0.2) is 8.98 Å². The van der Waals surface area contributed by atoms with Crippen LogP contribution < -0.4 is 4.74 Å². The number of hydrogen-bond acceptors (Lipinski definition) is 7. The SMILES string of the molecule is COC(=O)C(OS(=O)(=O)c1ccc(C)cc1)C(O)c1ccc(OC)cc1. The van der Waals surface area contributed by atoms with Gasteiger partial charge in [0.2, 0.25) is 6.10 Å². The van der Waals surface area contributed by atoms with E-state index in [1.165, 1.54) is 31.4 Å². The van der Waals surface area contributed by atoms with E-state index >= 15 is 0 Å². The highest BCUT2D eigenvalue weighted by atomic mass is 32.2. The van der Waals surface area contributed by atoms with E-state index in [1.54, 1.807) is 24.3 Å². The number of carbonyl (C=O) groups is 1. The number of ether oxygens (including phenoxy) is 2. The number of hydrogen-bond donors (Lipinski definition) is 1. The third-order valence-electron chi connectivity index (χ3n) is 3.72. The van der Waals surface area contributed by atoms with Crippen LogP contribution in [0.4, 0.5) is 0 Å². The van der Waals surface area contributed by atoms with Crippen LogP contribution >= 0.6 is 0 Å². The molecule has 2 unspecified atom stereocenters. The molecule has 0 aliphatic carbocycles. The number of carbonyl (C=O) groups excluding carboxylic acids is 1. The summed E-state index contributed by atoms with van der Waals surface area (Å²) in [5.74, 6) is -0.465. The van der Waals surface area contributed by atoms with E-state index in [4.69, 9.17) is 8.92 Å². The number of rotatable bonds is 7. The fourth-order valence-corrected chi connectivity index (χ4v) is 3.25. The Morgan fingerprint density at radius 1 is 1.00 bits per heavy atom. The second kappa shape index (κ2) is 8.31. The fraction of sp³-hybridized carbons (Fsp3) is 0.278. The lowest BCUT2D eigenvalue weighted by Crippen LogP contribution is -2.34. The molecule has 0 aliphatic rings. The minimum absolute atomic E-state index is 0.126. The molecule has 0 amide bonds. The molecule has 26 heavy (non-hydrogen) atoms. The molecule has 2 rings (SSSR count). The normalized spacial score (nSPS) is 13.7. The Morgan fingerprint density at radius 3 is 2.08 bits per heavy atom. The summed E-state index contributed by atoms with van der Waals surface area (Å²) >= 11 is 0. The monoisotopic (exact) mass is 380 g/mol. The van der Waals surface area contributed by atoms with E-state index in [9.17, 15) is 18.3 Å². The van der Waals surface area contributed by atoms with Crippen molar-refractivity contribution in [1.29, 1.82) is 0 Å². The van der Waals surface area contributed by atoms with Crippen molar-refractivity contribution in [2.75, 3.05) is 14.2 Å². The first-order valence-electron chi connectivity index (χ1n) is 7.68. The number of methoxy groups -OCH3 is 2. The number of esters is 1. The Balaban J connectivity index is 2.31. The van der Waals surface area contributed by atoms with Crippen LogP contribution in [0.15, 0.2) is 53.4 Å². The largest absolute Gasteiger partial charge is 0.497 e. The van der Waals surface area contributed by atoms with Crippen LogP contribution in [0.3, 0.4) is 0 Å². The Hall–Kier alpha value is -2.42. The summed E-state index contributed by atoms with van der Waals surface area (Å²) in [7, 11) is -1.72. The fourth-order valence-electron chi connectivity index (χ4n) is 2.21. The highest BCUT2D eigenvalue weighted by Crippen LogP contribution is 2.26. The first kappa shape index (κ1) is 19.9. The van der Waals surface area contributed by atoms with Crippen molar-refractivity contribution in [3.63, 3.8) is 0 Å². The van der Waals surface area contributed by atoms with E-state index in [1.807, 2.05) is 6.92 Å². The maximum atomic E-state index is 12.4. The summed E-state index contributed by atoms with van der Waals surface area (Å²) in [5, 5.41) is 10.5. The molecule has 2 atom stereocenters. The Bertz CT molecular complexity index is 842. The summed E-state index contributed by atoms with van der Waals surface area (Å²) in [6, 6.07) is 12.1. The number of aryl methyl sites for hydroxylation is 1. The third-order valence-corrected chi connectivity index (χ3v) is 5.03. The molecule has 140 valence electrons. The van der Waals surface area contributed by atoms with Crippen molar-refractivity contribution >= 4 is 16.1 Å². The zero-order valence-electron chi connectivity index (χ0n) is 14.6.